The summed E-state index contributed by atoms with van der Waals surface area (Å²) in [6.45, 7) is 6.05. The maximum atomic E-state index is 13.0. The number of hydrogen-bond donors (Lipinski definition) is 0. The lowest BCUT2D eigenvalue weighted by molar-refractivity contribution is -0.162. The Kier molecular flexibility index (Phi) is 22.8. The van der Waals surface area contributed by atoms with E-state index in [1.165, 1.54) is 77.0 Å². The molecule has 0 spiro atoms. The third-order valence-corrected chi connectivity index (χ3v) is 12.5. The van der Waals surface area contributed by atoms with Gasteiger partial charge in [-0.2, -0.15) is 0 Å². The van der Waals surface area contributed by atoms with Gasteiger partial charge in [0.15, 0.2) is 0 Å². The predicted molar refractivity (Wildman–Crippen MR) is 216 cm³/mol. The summed E-state index contributed by atoms with van der Waals surface area (Å²) in [5.41, 5.74) is 0. The highest BCUT2D eigenvalue weighted by Crippen LogP contribution is 2.45. The fourth-order valence-corrected chi connectivity index (χ4v) is 8.74. The van der Waals surface area contributed by atoms with E-state index in [1.54, 1.807) is 0 Å². The van der Waals surface area contributed by atoms with E-state index in [-0.39, 0.29) is 48.3 Å². The van der Waals surface area contributed by atoms with E-state index in [0.717, 1.165) is 77.0 Å². The number of hydrogen-bond acceptors (Lipinski definition) is 10. The van der Waals surface area contributed by atoms with Crippen molar-refractivity contribution in [1.29, 1.82) is 0 Å². The Hall–Kier alpha value is -2.20. The molecule has 10 heteroatoms. The first-order valence-corrected chi connectivity index (χ1v) is 23.4. The second-order valence-electron chi connectivity index (χ2n) is 17.2. The Labute approximate surface area is 338 Å². The molecule has 8 unspecified atom stereocenters. The van der Waals surface area contributed by atoms with Gasteiger partial charge in [-0.05, 0) is 51.4 Å². The lowest BCUT2D eigenvalue weighted by Gasteiger charge is -2.26. The van der Waals surface area contributed by atoms with Crippen LogP contribution < -0.4 is 0 Å². The third kappa shape index (κ3) is 17.7. The van der Waals surface area contributed by atoms with Crippen molar-refractivity contribution in [3.8, 4) is 0 Å². The van der Waals surface area contributed by atoms with Crippen LogP contribution in [-0.2, 0) is 47.6 Å². The van der Waals surface area contributed by atoms with Crippen LogP contribution in [0.15, 0.2) is 0 Å². The van der Waals surface area contributed by atoms with Crippen molar-refractivity contribution < 1.29 is 47.6 Å². The summed E-state index contributed by atoms with van der Waals surface area (Å²) in [5.74, 6) is -2.99. The van der Waals surface area contributed by atoms with Crippen LogP contribution in [0.4, 0.5) is 0 Å². The topological polar surface area (TPSA) is 130 Å². The second-order valence-corrected chi connectivity index (χ2v) is 17.2. The monoisotopic (exact) mass is 791 g/mol. The van der Waals surface area contributed by atoms with E-state index in [4.69, 9.17) is 28.4 Å². The Bertz CT molecular complexity index is 1040. The van der Waals surface area contributed by atoms with Gasteiger partial charge < -0.3 is 28.4 Å². The van der Waals surface area contributed by atoms with Crippen molar-refractivity contribution in [3.63, 3.8) is 0 Å². The van der Waals surface area contributed by atoms with E-state index < -0.39 is 23.7 Å². The molecule has 2 saturated carbocycles. The molecule has 0 aromatic rings. The van der Waals surface area contributed by atoms with Crippen molar-refractivity contribution in [1.82, 2.24) is 0 Å². The van der Waals surface area contributed by atoms with Gasteiger partial charge in [0.2, 0.25) is 0 Å². The van der Waals surface area contributed by atoms with Crippen LogP contribution in [0.2, 0.25) is 0 Å². The van der Waals surface area contributed by atoms with E-state index in [1.807, 2.05) is 0 Å². The van der Waals surface area contributed by atoms with Gasteiger partial charge in [0, 0.05) is 0 Å². The summed E-state index contributed by atoms with van der Waals surface area (Å²) in [7, 11) is 0. The average molecular weight is 791 g/mol. The lowest BCUT2D eigenvalue weighted by Crippen LogP contribution is -2.37. The van der Waals surface area contributed by atoms with Gasteiger partial charge in [-0.15, -0.1) is 0 Å². The molecule has 0 bridgehead atoms. The molecule has 56 heavy (non-hydrogen) atoms. The summed E-state index contributed by atoms with van der Waals surface area (Å²) in [6.07, 6.45) is 29.5. The molecule has 2 aliphatic carbocycles. The number of rotatable bonds is 33. The zero-order valence-electron chi connectivity index (χ0n) is 35.3. The highest BCUT2D eigenvalue weighted by molar-refractivity contribution is 5.83. The van der Waals surface area contributed by atoms with Crippen molar-refractivity contribution in [2.45, 2.75) is 218 Å². The molecular formula is C46H78O10. The van der Waals surface area contributed by atoms with E-state index in [0.29, 0.717) is 52.1 Å². The molecule has 0 amide bonds. The summed E-state index contributed by atoms with van der Waals surface area (Å²) in [5, 5.41) is 0. The SMILES string of the molecule is CCCCCCCCCCOC(=O)C1CC2OC2CC1C(=O)OCCCCCCCCCCOC(=O)C1CC2OC2CC1C(=O)OCCCCCCCCCC. The number of carbonyl (C=O) groups excluding carboxylic acids is 4. The number of fused-ring (bicyclic) bond motifs is 2. The maximum Gasteiger partial charge on any atom is 0.309 e. The zero-order chi connectivity index (χ0) is 39.8. The average Bonchev–Trinajstić information content (AvgIpc) is 4.14. The van der Waals surface area contributed by atoms with Gasteiger partial charge >= 0.3 is 23.9 Å². The fourth-order valence-electron chi connectivity index (χ4n) is 8.74. The van der Waals surface area contributed by atoms with E-state index in [9.17, 15) is 19.2 Å². The summed E-state index contributed by atoms with van der Waals surface area (Å²) in [6, 6.07) is 0. The molecule has 2 saturated heterocycles. The van der Waals surface area contributed by atoms with E-state index >= 15 is 0 Å². The molecule has 0 aromatic heterocycles. The molecule has 0 N–H and O–H groups in total. The van der Waals surface area contributed by atoms with E-state index in [2.05, 4.69) is 13.8 Å². The van der Waals surface area contributed by atoms with Gasteiger partial charge in [-0.3, -0.25) is 19.2 Å². The second kappa shape index (κ2) is 27.5. The normalized spacial score (nSPS) is 26.1. The first-order chi connectivity index (χ1) is 27.4. The highest BCUT2D eigenvalue weighted by Gasteiger charge is 2.54. The van der Waals surface area contributed by atoms with Gasteiger partial charge in [0.1, 0.15) is 0 Å². The van der Waals surface area contributed by atoms with Crippen molar-refractivity contribution in [2.24, 2.45) is 23.7 Å². The standard InChI is InChI=1S/C46H78O10/c1-3-5-7-9-11-15-19-23-27-51-43(47)35-31-39-41(55-39)33-37(35)45(49)53-29-25-21-17-13-14-18-22-26-30-54-46(50)38-34-42-40(56-42)32-36(38)44(48)52-28-24-20-16-12-10-8-6-4-2/h35-42H,3-34H2,1-2H3. The van der Waals surface area contributed by atoms with Gasteiger partial charge in [-0.1, -0.05) is 142 Å². The summed E-state index contributed by atoms with van der Waals surface area (Å²) >= 11 is 0. The van der Waals surface area contributed by atoms with Crippen molar-refractivity contribution in [2.75, 3.05) is 26.4 Å². The predicted octanol–water partition coefficient (Wildman–Crippen LogP) is 10.1. The van der Waals surface area contributed by atoms with Crippen LogP contribution in [0.5, 0.6) is 0 Å². The summed E-state index contributed by atoms with van der Waals surface area (Å²) in [4.78, 5) is 51.9. The highest BCUT2D eigenvalue weighted by atomic mass is 16.6. The first kappa shape index (κ1) is 46.5. The Morgan fingerprint density at radius 1 is 0.339 bits per heavy atom. The molecule has 10 nitrogen and oxygen atoms in total. The minimum Gasteiger partial charge on any atom is -0.465 e. The molecule has 8 atom stereocenters. The third-order valence-electron chi connectivity index (χ3n) is 12.5. The van der Waals surface area contributed by atoms with Gasteiger partial charge in [-0.25, -0.2) is 0 Å². The molecule has 0 aromatic carbocycles. The Morgan fingerprint density at radius 2 is 0.536 bits per heavy atom. The number of epoxide rings is 2. The quantitative estimate of drug-likeness (QED) is 0.0274. The minimum atomic E-state index is -0.473. The number of ether oxygens (including phenoxy) is 6. The minimum absolute atomic E-state index is 0.0750. The number of esters is 4. The Morgan fingerprint density at radius 3 is 0.750 bits per heavy atom. The van der Waals surface area contributed by atoms with Crippen molar-refractivity contribution in [3.05, 3.63) is 0 Å². The number of unbranched alkanes of at least 4 members (excludes halogenated alkanes) is 21. The largest absolute Gasteiger partial charge is 0.465 e. The van der Waals surface area contributed by atoms with Crippen molar-refractivity contribution >= 4 is 23.9 Å². The molecule has 322 valence electrons. The fraction of sp³-hybridized carbons (Fsp3) is 0.913. The van der Waals surface area contributed by atoms with Crippen LogP contribution >= 0.6 is 0 Å². The van der Waals surface area contributed by atoms with Gasteiger partial charge in [0.25, 0.3) is 0 Å². The van der Waals surface area contributed by atoms with Crippen LogP contribution in [0, 0.1) is 23.7 Å². The lowest BCUT2D eigenvalue weighted by atomic mass is 9.79. The zero-order valence-corrected chi connectivity index (χ0v) is 35.3. The first-order valence-electron chi connectivity index (χ1n) is 23.4. The van der Waals surface area contributed by atoms with Crippen LogP contribution in [-0.4, -0.2) is 74.7 Å². The molecule has 2 heterocycles. The molecule has 2 aliphatic heterocycles. The Balaban J connectivity index is 0.969. The molecule has 4 fully saturated rings. The molecule has 4 rings (SSSR count). The maximum absolute atomic E-state index is 13.0. The molecule has 0 radical (unpaired) electrons. The molecular weight excluding hydrogens is 712 g/mol. The molecule has 4 aliphatic rings. The van der Waals surface area contributed by atoms with Gasteiger partial charge in [0.05, 0.1) is 74.5 Å². The number of carbonyl (C=O) groups is 4. The smallest absolute Gasteiger partial charge is 0.309 e. The summed E-state index contributed by atoms with van der Waals surface area (Å²) < 4.78 is 33.9. The van der Waals surface area contributed by atoms with Crippen LogP contribution in [0.3, 0.4) is 0 Å². The van der Waals surface area contributed by atoms with Crippen LogP contribution in [0.1, 0.15) is 194 Å². The van der Waals surface area contributed by atoms with Crippen LogP contribution in [0.25, 0.3) is 0 Å².